The second kappa shape index (κ2) is 10.4. The zero-order chi connectivity index (χ0) is 22.3. The lowest BCUT2D eigenvalue weighted by molar-refractivity contribution is -0.122. The molecule has 166 valence electrons. The van der Waals surface area contributed by atoms with Crippen LogP contribution in [-0.4, -0.2) is 54.1 Å². The number of nitrogens with one attached hydrogen (secondary N) is 2. The van der Waals surface area contributed by atoms with E-state index in [1.54, 1.807) is 4.90 Å². The molecule has 1 aromatic rings. The van der Waals surface area contributed by atoms with Gasteiger partial charge in [-0.2, -0.15) is 0 Å². The molecule has 1 fully saturated rings. The molecule has 0 saturated carbocycles. The zero-order valence-corrected chi connectivity index (χ0v) is 17.6. The summed E-state index contributed by atoms with van der Waals surface area (Å²) in [5.41, 5.74) is -0.780. The van der Waals surface area contributed by atoms with E-state index in [0.29, 0.717) is 38.4 Å². The van der Waals surface area contributed by atoms with Crippen molar-refractivity contribution in [1.29, 1.82) is 0 Å². The fourth-order valence-corrected chi connectivity index (χ4v) is 3.05. The quantitative estimate of drug-likeness (QED) is 0.686. The summed E-state index contributed by atoms with van der Waals surface area (Å²) in [5.74, 6) is -2.48. The van der Waals surface area contributed by atoms with Crippen LogP contribution in [0.1, 0.15) is 56.8 Å². The molecule has 3 amide bonds. The second-order valence-corrected chi connectivity index (χ2v) is 8.29. The van der Waals surface area contributed by atoms with Gasteiger partial charge in [0.25, 0.3) is 5.91 Å². The van der Waals surface area contributed by atoms with Gasteiger partial charge < -0.3 is 20.3 Å². The Hall–Kier alpha value is -2.71. The molecular formula is C21H29F2N3O4. The summed E-state index contributed by atoms with van der Waals surface area (Å²) in [5, 5.41) is 5.45. The van der Waals surface area contributed by atoms with E-state index in [0.717, 1.165) is 12.1 Å². The SMILES string of the molecule is CC(C)(C)OC(=O)N1CCC(NC(=O)CCCNC(=O)c2ccc(F)cc2F)CC1. The van der Waals surface area contributed by atoms with Gasteiger partial charge in [0, 0.05) is 38.2 Å². The van der Waals surface area contributed by atoms with Crippen LogP contribution in [0.4, 0.5) is 13.6 Å². The van der Waals surface area contributed by atoms with Crippen LogP contribution in [0, 0.1) is 11.6 Å². The molecule has 0 unspecified atom stereocenters. The molecule has 0 radical (unpaired) electrons. The van der Waals surface area contributed by atoms with Crippen LogP contribution >= 0.6 is 0 Å². The average Bonchev–Trinajstić information content (AvgIpc) is 2.64. The number of nitrogens with zero attached hydrogens (tertiary/aromatic N) is 1. The summed E-state index contributed by atoms with van der Waals surface area (Å²) in [6.07, 6.45) is 1.54. The third-order valence-corrected chi connectivity index (χ3v) is 4.55. The molecule has 0 aliphatic carbocycles. The number of halogens is 2. The van der Waals surface area contributed by atoms with Gasteiger partial charge in [-0.3, -0.25) is 9.59 Å². The third-order valence-electron chi connectivity index (χ3n) is 4.55. The highest BCUT2D eigenvalue weighted by Crippen LogP contribution is 2.15. The molecule has 2 rings (SSSR count). The van der Waals surface area contributed by atoms with Crippen LogP contribution in [0.25, 0.3) is 0 Å². The number of benzene rings is 1. The summed E-state index contributed by atoms with van der Waals surface area (Å²) in [6.45, 7) is 6.67. The van der Waals surface area contributed by atoms with E-state index in [9.17, 15) is 23.2 Å². The maximum absolute atomic E-state index is 13.6. The standard InChI is InChI=1S/C21H29F2N3O4/c1-21(2,3)30-20(29)26-11-8-15(9-12-26)25-18(27)5-4-10-24-19(28)16-7-6-14(22)13-17(16)23/h6-7,13,15H,4-5,8-12H2,1-3H3,(H,24,28)(H,25,27). The third kappa shape index (κ3) is 7.61. The number of carbonyl (C=O) groups is 3. The first-order valence-electron chi connectivity index (χ1n) is 10.1. The predicted octanol–water partition coefficient (Wildman–Crippen LogP) is 2.99. The Labute approximate surface area is 175 Å². The number of piperidine rings is 1. The number of amides is 3. The molecule has 9 heteroatoms. The van der Waals surface area contributed by atoms with E-state index < -0.39 is 23.1 Å². The van der Waals surface area contributed by atoms with Gasteiger partial charge in [-0.1, -0.05) is 0 Å². The van der Waals surface area contributed by atoms with Crippen LogP contribution in [0.2, 0.25) is 0 Å². The largest absolute Gasteiger partial charge is 0.444 e. The van der Waals surface area contributed by atoms with Crippen LogP contribution in [-0.2, 0) is 9.53 Å². The maximum Gasteiger partial charge on any atom is 0.410 e. The molecule has 1 aliphatic heterocycles. The Kier molecular flexibility index (Phi) is 8.14. The molecule has 1 saturated heterocycles. The van der Waals surface area contributed by atoms with E-state index in [1.807, 2.05) is 20.8 Å². The Morgan fingerprint density at radius 3 is 2.43 bits per heavy atom. The van der Waals surface area contributed by atoms with Crippen molar-refractivity contribution in [3.8, 4) is 0 Å². The first-order chi connectivity index (χ1) is 14.0. The van der Waals surface area contributed by atoms with Gasteiger partial charge in [0.05, 0.1) is 5.56 Å². The van der Waals surface area contributed by atoms with Gasteiger partial charge in [0.1, 0.15) is 17.2 Å². The molecule has 0 aromatic heterocycles. The van der Waals surface area contributed by atoms with Crippen LogP contribution < -0.4 is 10.6 Å². The minimum atomic E-state index is -0.928. The second-order valence-electron chi connectivity index (χ2n) is 8.29. The molecule has 30 heavy (non-hydrogen) atoms. The minimum Gasteiger partial charge on any atom is -0.444 e. The topological polar surface area (TPSA) is 87.7 Å². The van der Waals surface area contributed by atoms with Crippen molar-refractivity contribution in [3.63, 3.8) is 0 Å². The van der Waals surface area contributed by atoms with Crippen molar-refractivity contribution in [1.82, 2.24) is 15.5 Å². The fourth-order valence-electron chi connectivity index (χ4n) is 3.05. The van der Waals surface area contributed by atoms with E-state index in [-0.39, 0.29) is 36.6 Å². The zero-order valence-electron chi connectivity index (χ0n) is 17.6. The Balaban J connectivity index is 1.64. The maximum atomic E-state index is 13.6. The van der Waals surface area contributed by atoms with E-state index >= 15 is 0 Å². The lowest BCUT2D eigenvalue weighted by Crippen LogP contribution is -2.47. The molecule has 2 N–H and O–H groups in total. The molecular weight excluding hydrogens is 396 g/mol. The number of rotatable bonds is 6. The molecule has 7 nitrogen and oxygen atoms in total. The van der Waals surface area contributed by atoms with Crippen molar-refractivity contribution < 1.29 is 27.9 Å². The molecule has 0 spiro atoms. The molecule has 1 heterocycles. The Bertz CT molecular complexity index is 772. The van der Waals surface area contributed by atoms with Gasteiger partial charge in [-0.05, 0) is 52.2 Å². The monoisotopic (exact) mass is 425 g/mol. The van der Waals surface area contributed by atoms with Crippen molar-refractivity contribution in [2.45, 2.75) is 58.1 Å². The predicted molar refractivity (Wildman–Crippen MR) is 107 cm³/mol. The average molecular weight is 425 g/mol. The highest BCUT2D eigenvalue weighted by Gasteiger charge is 2.27. The highest BCUT2D eigenvalue weighted by atomic mass is 19.1. The van der Waals surface area contributed by atoms with Crippen molar-refractivity contribution in [2.24, 2.45) is 0 Å². The minimum absolute atomic E-state index is 0.0147. The molecule has 1 aromatic carbocycles. The van der Waals surface area contributed by atoms with Gasteiger partial charge >= 0.3 is 6.09 Å². The van der Waals surface area contributed by atoms with E-state index in [2.05, 4.69) is 10.6 Å². The van der Waals surface area contributed by atoms with Crippen LogP contribution in [0.15, 0.2) is 18.2 Å². The normalized spacial score (nSPS) is 14.9. The number of ether oxygens (including phenoxy) is 1. The van der Waals surface area contributed by atoms with Crippen molar-refractivity contribution in [2.75, 3.05) is 19.6 Å². The number of hydrogen-bond acceptors (Lipinski definition) is 4. The first kappa shape index (κ1) is 23.6. The lowest BCUT2D eigenvalue weighted by Gasteiger charge is -2.33. The molecule has 0 atom stereocenters. The summed E-state index contributed by atoms with van der Waals surface area (Å²) in [4.78, 5) is 37.7. The van der Waals surface area contributed by atoms with Gasteiger partial charge in [-0.25, -0.2) is 13.6 Å². The van der Waals surface area contributed by atoms with Crippen molar-refractivity contribution >= 4 is 17.9 Å². The van der Waals surface area contributed by atoms with E-state index in [4.69, 9.17) is 4.74 Å². The van der Waals surface area contributed by atoms with Gasteiger partial charge in [-0.15, -0.1) is 0 Å². The number of likely N-dealkylation sites (tertiary alicyclic amines) is 1. The van der Waals surface area contributed by atoms with Crippen LogP contribution in [0.3, 0.4) is 0 Å². The summed E-state index contributed by atoms with van der Waals surface area (Å²) in [6, 6.07) is 2.73. The summed E-state index contributed by atoms with van der Waals surface area (Å²) >= 11 is 0. The molecule has 1 aliphatic rings. The summed E-state index contributed by atoms with van der Waals surface area (Å²) in [7, 11) is 0. The summed E-state index contributed by atoms with van der Waals surface area (Å²) < 4.78 is 31.8. The van der Waals surface area contributed by atoms with Gasteiger partial charge in [0.2, 0.25) is 5.91 Å². The Morgan fingerprint density at radius 2 is 1.83 bits per heavy atom. The number of hydrogen-bond donors (Lipinski definition) is 2. The van der Waals surface area contributed by atoms with E-state index in [1.165, 1.54) is 0 Å². The highest BCUT2D eigenvalue weighted by molar-refractivity contribution is 5.94. The smallest absolute Gasteiger partial charge is 0.410 e. The first-order valence-corrected chi connectivity index (χ1v) is 10.1. The fraction of sp³-hybridized carbons (Fsp3) is 0.571. The van der Waals surface area contributed by atoms with Crippen LogP contribution in [0.5, 0.6) is 0 Å². The number of carbonyl (C=O) groups excluding carboxylic acids is 3. The lowest BCUT2D eigenvalue weighted by atomic mass is 10.1. The van der Waals surface area contributed by atoms with Crippen molar-refractivity contribution in [3.05, 3.63) is 35.4 Å². The van der Waals surface area contributed by atoms with Gasteiger partial charge in [0.15, 0.2) is 0 Å². The molecule has 0 bridgehead atoms. The Morgan fingerprint density at radius 1 is 1.17 bits per heavy atom.